The Kier molecular flexibility index (Phi) is 2.63. The molecule has 92 valence electrons. The molecule has 1 unspecified atom stereocenters. The molecule has 1 saturated heterocycles. The molecule has 1 saturated carbocycles. The van der Waals surface area contributed by atoms with Crippen LogP contribution in [0.4, 0.5) is 11.8 Å². The lowest BCUT2D eigenvalue weighted by molar-refractivity contribution is 0.326. The van der Waals surface area contributed by atoms with Gasteiger partial charge in [-0.15, -0.1) is 0 Å². The summed E-state index contributed by atoms with van der Waals surface area (Å²) in [7, 11) is 0. The number of nitrogens with two attached hydrogens (primary N) is 1. The van der Waals surface area contributed by atoms with Crippen molar-refractivity contribution in [1.29, 1.82) is 0 Å². The quantitative estimate of drug-likeness (QED) is 0.815. The number of nitrogens with one attached hydrogen (secondary N) is 1. The lowest BCUT2D eigenvalue weighted by Gasteiger charge is -2.16. The Labute approximate surface area is 101 Å². The molecule has 0 bridgehead atoms. The van der Waals surface area contributed by atoms with Crippen molar-refractivity contribution in [3.63, 3.8) is 0 Å². The van der Waals surface area contributed by atoms with Gasteiger partial charge in [-0.1, -0.05) is 0 Å². The second-order valence-electron chi connectivity index (χ2n) is 5.11. The minimum atomic E-state index is 0.351. The molecular weight excluding hydrogens is 214 g/mol. The van der Waals surface area contributed by atoms with E-state index in [-0.39, 0.29) is 0 Å². The van der Waals surface area contributed by atoms with Crippen LogP contribution in [0.2, 0.25) is 0 Å². The van der Waals surface area contributed by atoms with Gasteiger partial charge in [0.05, 0.1) is 0 Å². The van der Waals surface area contributed by atoms with Crippen LogP contribution >= 0.6 is 0 Å². The van der Waals surface area contributed by atoms with Crippen molar-refractivity contribution in [3.05, 3.63) is 11.8 Å². The monoisotopic (exact) mass is 233 g/mol. The van der Waals surface area contributed by atoms with Gasteiger partial charge in [0.25, 0.3) is 0 Å². The zero-order valence-electron chi connectivity index (χ0n) is 10.2. The number of likely N-dealkylation sites (tertiary alicyclic amines) is 1. The lowest BCUT2D eigenvalue weighted by atomic mass is 10.2. The van der Waals surface area contributed by atoms with Crippen LogP contribution in [0.1, 0.15) is 25.0 Å². The van der Waals surface area contributed by atoms with Gasteiger partial charge < -0.3 is 11.1 Å². The SMILES string of the molecule is Cc1cc(NC2CCN(C3CC3)C2)nc(N)n1. The van der Waals surface area contributed by atoms with Crippen molar-refractivity contribution in [2.45, 2.75) is 38.3 Å². The van der Waals surface area contributed by atoms with E-state index in [2.05, 4.69) is 20.2 Å². The second-order valence-corrected chi connectivity index (χ2v) is 5.11. The molecule has 2 aliphatic rings. The van der Waals surface area contributed by atoms with Crippen LogP contribution in [0.15, 0.2) is 6.07 Å². The van der Waals surface area contributed by atoms with Crippen molar-refractivity contribution in [2.24, 2.45) is 0 Å². The summed E-state index contributed by atoms with van der Waals surface area (Å²) in [5, 5.41) is 3.46. The number of nitrogen functional groups attached to an aromatic ring is 1. The van der Waals surface area contributed by atoms with E-state index in [0.717, 1.165) is 24.1 Å². The van der Waals surface area contributed by atoms with E-state index in [4.69, 9.17) is 5.73 Å². The van der Waals surface area contributed by atoms with E-state index < -0.39 is 0 Å². The molecule has 5 nitrogen and oxygen atoms in total. The molecule has 1 aromatic heterocycles. The molecule has 0 aromatic carbocycles. The Morgan fingerprint density at radius 3 is 2.88 bits per heavy atom. The highest BCUT2D eigenvalue weighted by Gasteiger charge is 2.34. The molecule has 17 heavy (non-hydrogen) atoms. The number of aryl methyl sites for hydroxylation is 1. The van der Waals surface area contributed by atoms with Gasteiger partial charge in [0.2, 0.25) is 5.95 Å². The maximum absolute atomic E-state index is 5.65. The fourth-order valence-electron chi connectivity index (χ4n) is 2.55. The topological polar surface area (TPSA) is 67.1 Å². The zero-order valence-corrected chi connectivity index (χ0v) is 10.2. The molecule has 0 amide bonds. The van der Waals surface area contributed by atoms with E-state index in [1.165, 1.54) is 25.8 Å². The molecule has 2 fully saturated rings. The van der Waals surface area contributed by atoms with Gasteiger partial charge in [0, 0.05) is 36.9 Å². The predicted molar refractivity (Wildman–Crippen MR) is 67.8 cm³/mol. The van der Waals surface area contributed by atoms with Crippen LogP contribution in [0.3, 0.4) is 0 Å². The molecule has 1 aliphatic heterocycles. The van der Waals surface area contributed by atoms with Gasteiger partial charge >= 0.3 is 0 Å². The Bertz CT molecular complexity index is 395. The zero-order chi connectivity index (χ0) is 11.8. The third kappa shape index (κ3) is 2.49. The number of hydrogen-bond acceptors (Lipinski definition) is 5. The third-order valence-electron chi connectivity index (χ3n) is 3.51. The van der Waals surface area contributed by atoms with Crippen molar-refractivity contribution in [1.82, 2.24) is 14.9 Å². The Hall–Kier alpha value is -1.36. The van der Waals surface area contributed by atoms with Crippen molar-refractivity contribution >= 4 is 11.8 Å². The largest absolute Gasteiger partial charge is 0.368 e. The summed E-state index contributed by atoms with van der Waals surface area (Å²) in [5.74, 6) is 1.21. The summed E-state index contributed by atoms with van der Waals surface area (Å²) in [6, 6.07) is 3.32. The fraction of sp³-hybridized carbons (Fsp3) is 0.667. The molecular formula is C12H19N5. The van der Waals surface area contributed by atoms with Crippen molar-refractivity contribution in [3.8, 4) is 0 Å². The Morgan fingerprint density at radius 1 is 1.35 bits per heavy atom. The highest BCUT2D eigenvalue weighted by Crippen LogP contribution is 2.30. The standard InChI is InChI=1S/C12H19N5/c1-8-6-11(16-12(13)14-8)15-9-4-5-17(7-9)10-2-3-10/h6,9-10H,2-5,7H2,1H3,(H3,13,14,15,16). The predicted octanol–water partition coefficient (Wildman–Crippen LogP) is 1.02. The van der Waals surface area contributed by atoms with Gasteiger partial charge in [-0.3, -0.25) is 4.90 Å². The van der Waals surface area contributed by atoms with Crippen LogP contribution in [0.25, 0.3) is 0 Å². The first-order chi connectivity index (χ1) is 8.20. The number of aromatic nitrogens is 2. The smallest absolute Gasteiger partial charge is 0.222 e. The van der Waals surface area contributed by atoms with Crippen LogP contribution in [-0.2, 0) is 0 Å². The first-order valence-electron chi connectivity index (χ1n) is 6.32. The number of anilines is 2. The minimum absolute atomic E-state index is 0.351. The van der Waals surface area contributed by atoms with Crippen LogP contribution in [0.5, 0.6) is 0 Å². The Morgan fingerprint density at radius 2 is 2.18 bits per heavy atom. The van der Waals surface area contributed by atoms with E-state index in [9.17, 15) is 0 Å². The first-order valence-corrected chi connectivity index (χ1v) is 6.32. The minimum Gasteiger partial charge on any atom is -0.368 e. The maximum atomic E-state index is 5.65. The molecule has 3 N–H and O–H groups in total. The normalized spacial score (nSPS) is 25.1. The Balaban J connectivity index is 1.62. The van der Waals surface area contributed by atoms with Crippen LogP contribution < -0.4 is 11.1 Å². The van der Waals surface area contributed by atoms with Gasteiger partial charge in [0.15, 0.2) is 0 Å². The summed E-state index contributed by atoms with van der Waals surface area (Å²) < 4.78 is 0. The number of hydrogen-bond donors (Lipinski definition) is 2. The van der Waals surface area contributed by atoms with Gasteiger partial charge in [-0.05, 0) is 26.2 Å². The van der Waals surface area contributed by atoms with E-state index >= 15 is 0 Å². The molecule has 2 heterocycles. The molecule has 5 heteroatoms. The lowest BCUT2D eigenvalue weighted by Crippen LogP contribution is -2.28. The highest BCUT2D eigenvalue weighted by atomic mass is 15.2. The number of rotatable bonds is 3. The average Bonchev–Trinajstić information content (AvgIpc) is 2.99. The highest BCUT2D eigenvalue weighted by molar-refractivity contribution is 5.41. The molecule has 0 spiro atoms. The molecule has 0 radical (unpaired) electrons. The van der Waals surface area contributed by atoms with E-state index in [1.54, 1.807) is 0 Å². The maximum Gasteiger partial charge on any atom is 0.222 e. The fourth-order valence-corrected chi connectivity index (χ4v) is 2.55. The van der Waals surface area contributed by atoms with Gasteiger partial charge in [-0.2, -0.15) is 4.98 Å². The third-order valence-corrected chi connectivity index (χ3v) is 3.51. The van der Waals surface area contributed by atoms with Crippen molar-refractivity contribution < 1.29 is 0 Å². The molecule has 1 aliphatic carbocycles. The van der Waals surface area contributed by atoms with E-state index in [1.807, 2.05) is 13.0 Å². The average molecular weight is 233 g/mol. The first kappa shape index (κ1) is 10.8. The molecule has 1 aromatic rings. The molecule has 1 atom stereocenters. The second kappa shape index (κ2) is 4.14. The van der Waals surface area contributed by atoms with Crippen LogP contribution in [-0.4, -0.2) is 40.0 Å². The van der Waals surface area contributed by atoms with Crippen LogP contribution in [0, 0.1) is 6.92 Å². The summed E-state index contributed by atoms with van der Waals surface area (Å²) in [6.45, 7) is 4.28. The van der Waals surface area contributed by atoms with Gasteiger partial charge in [0.1, 0.15) is 5.82 Å². The summed E-state index contributed by atoms with van der Waals surface area (Å²) in [6.07, 6.45) is 3.96. The van der Waals surface area contributed by atoms with E-state index in [0.29, 0.717) is 12.0 Å². The number of nitrogens with zero attached hydrogens (tertiary/aromatic N) is 3. The van der Waals surface area contributed by atoms with Gasteiger partial charge in [-0.25, -0.2) is 4.98 Å². The summed E-state index contributed by atoms with van der Waals surface area (Å²) in [5.41, 5.74) is 6.56. The summed E-state index contributed by atoms with van der Waals surface area (Å²) in [4.78, 5) is 10.9. The summed E-state index contributed by atoms with van der Waals surface area (Å²) >= 11 is 0. The molecule has 3 rings (SSSR count). The van der Waals surface area contributed by atoms with Crippen molar-refractivity contribution in [2.75, 3.05) is 24.1 Å².